The average molecular weight is 284 g/mol. The lowest BCUT2D eigenvalue weighted by atomic mass is 10.1. The Kier molecular flexibility index (Phi) is 4.13. The molecule has 0 radical (unpaired) electrons. The van der Waals surface area contributed by atoms with E-state index >= 15 is 0 Å². The number of furan rings is 1. The fourth-order valence-electron chi connectivity index (χ4n) is 3.10. The number of aryl methyl sites for hydroxylation is 1. The molecule has 3 heteroatoms. The van der Waals surface area contributed by atoms with Crippen LogP contribution in [0.4, 0.5) is 0 Å². The van der Waals surface area contributed by atoms with Crippen LogP contribution < -0.4 is 0 Å². The predicted octanol–water partition coefficient (Wildman–Crippen LogP) is 3.39. The lowest BCUT2D eigenvalue weighted by Gasteiger charge is -2.24. The van der Waals surface area contributed by atoms with Gasteiger partial charge in [0.25, 0.3) is 0 Å². The Morgan fingerprint density at radius 3 is 2.81 bits per heavy atom. The van der Waals surface area contributed by atoms with Crippen molar-refractivity contribution in [2.24, 2.45) is 0 Å². The zero-order valence-electron chi connectivity index (χ0n) is 13.2. The number of rotatable bonds is 4. The smallest absolute Gasteiger partial charge is 0.134 e. The largest absolute Gasteiger partial charge is 0.461 e. The Hall–Kier alpha value is -1.58. The van der Waals surface area contributed by atoms with Crippen molar-refractivity contribution in [2.75, 3.05) is 27.2 Å². The Balaban J connectivity index is 1.71. The van der Waals surface area contributed by atoms with Crippen molar-refractivity contribution in [1.82, 2.24) is 9.80 Å². The molecule has 1 atom stereocenters. The first-order valence-corrected chi connectivity index (χ1v) is 7.66. The van der Waals surface area contributed by atoms with E-state index in [2.05, 4.69) is 48.2 Å². The first-order chi connectivity index (χ1) is 10.1. The van der Waals surface area contributed by atoms with Crippen LogP contribution in [-0.4, -0.2) is 43.0 Å². The van der Waals surface area contributed by atoms with E-state index in [9.17, 15) is 0 Å². The second-order valence-corrected chi connectivity index (χ2v) is 6.23. The molecule has 0 aliphatic carbocycles. The molecule has 3 nitrogen and oxygen atoms in total. The first kappa shape index (κ1) is 14.4. The van der Waals surface area contributed by atoms with Gasteiger partial charge in [-0.1, -0.05) is 18.2 Å². The third-order valence-electron chi connectivity index (χ3n) is 4.37. The summed E-state index contributed by atoms with van der Waals surface area (Å²) in [7, 11) is 4.43. The van der Waals surface area contributed by atoms with Crippen LogP contribution in [0.3, 0.4) is 0 Å². The van der Waals surface area contributed by atoms with Gasteiger partial charge in [0.15, 0.2) is 0 Å². The van der Waals surface area contributed by atoms with Crippen molar-refractivity contribution < 1.29 is 4.42 Å². The standard InChI is InChI=1S/C18H24N2O/c1-14-7-8-18(21-14)16-6-4-5-15(11-16)12-20(3)17-9-10-19(2)13-17/h4-8,11,17H,9-10,12-13H2,1-3H3. The number of benzene rings is 1. The van der Waals surface area contributed by atoms with Crippen molar-refractivity contribution in [1.29, 1.82) is 0 Å². The second-order valence-electron chi connectivity index (χ2n) is 6.23. The summed E-state index contributed by atoms with van der Waals surface area (Å²) < 4.78 is 5.72. The molecule has 0 spiro atoms. The van der Waals surface area contributed by atoms with E-state index in [0.29, 0.717) is 6.04 Å². The molecule has 0 N–H and O–H groups in total. The van der Waals surface area contributed by atoms with Gasteiger partial charge in [-0.25, -0.2) is 0 Å². The minimum atomic E-state index is 0.671. The maximum atomic E-state index is 5.72. The molecule has 2 heterocycles. The summed E-state index contributed by atoms with van der Waals surface area (Å²) in [6.45, 7) is 5.36. The van der Waals surface area contributed by atoms with Gasteiger partial charge in [0.05, 0.1) is 0 Å². The van der Waals surface area contributed by atoms with Crippen LogP contribution in [0.2, 0.25) is 0 Å². The van der Waals surface area contributed by atoms with Gasteiger partial charge in [-0.2, -0.15) is 0 Å². The topological polar surface area (TPSA) is 19.6 Å². The van der Waals surface area contributed by atoms with E-state index < -0.39 is 0 Å². The Morgan fingerprint density at radius 1 is 1.29 bits per heavy atom. The lowest BCUT2D eigenvalue weighted by Crippen LogP contribution is -2.33. The molecule has 1 aromatic heterocycles. The van der Waals surface area contributed by atoms with E-state index in [4.69, 9.17) is 4.42 Å². The van der Waals surface area contributed by atoms with Gasteiger partial charge in [-0.15, -0.1) is 0 Å². The Bertz CT molecular complexity index is 605. The van der Waals surface area contributed by atoms with Gasteiger partial charge in [-0.3, -0.25) is 4.90 Å². The molecular weight excluding hydrogens is 260 g/mol. The SMILES string of the molecule is Cc1ccc(-c2cccc(CN(C)C3CCN(C)C3)c2)o1. The summed E-state index contributed by atoms with van der Waals surface area (Å²) in [5.74, 6) is 1.92. The molecule has 1 aromatic carbocycles. The van der Waals surface area contributed by atoms with Gasteiger partial charge in [-0.05, 0) is 57.7 Å². The fourth-order valence-corrected chi connectivity index (χ4v) is 3.10. The van der Waals surface area contributed by atoms with Crippen LogP contribution in [0, 0.1) is 6.92 Å². The molecule has 0 amide bonds. The zero-order valence-corrected chi connectivity index (χ0v) is 13.2. The minimum Gasteiger partial charge on any atom is -0.461 e. The van der Waals surface area contributed by atoms with Crippen LogP contribution >= 0.6 is 0 Å². The zero-order chi connectivity index (χ0) is 14.8. The summed E-state index contributed by atoms with van der Waals surface area (Å²) in [6.07, 6.45) is 1.27. The highest BCUT2D eigenvalue weighted by Crippen LogP contribution is 2.24. The Labute approximate surface area is 127 Å². The van der Waals surface area contributed by atoms with Gasteiger partial charge < -0.3 is 9.32 Å². The number of likely N-dealkylation sites (N-methyl/N-ethyl adjacent to an activating group) is 2. The molecule has 1 aliphatic heterocycles. The highest BCUT2D eigenvalue weighted by molar-refractivity contribution is 5.58. The van der Waals surface area contributed by atoms with E-state index in [1.165, 1.54) is 25.1 Å². The van der Waals surface area contributed by atoms with Crippen LogP contribution in [0.15, 0.2) is 40.8 Å². The van der Waals surface area contributed by atoms with E-state index in [1.807, 2.05) is 19.1 Å². The predicted molar refractivity (Wildman–Crippen MR) is 86.3 cm³/mol. The van der Waals surface area contributed by atoms with Crippen molar-refractivity contribution in [3.8, 4) is 11.3 Å². The van der Waals surface area contributed by atoms with Gasteiger partial charge >= 0.3 is 0 Å². The van der Waals surface area contributed by atoms with E-state index in [0.717, 1.165) is 23.6 Å². The van der Waals surface area contributed by atoms with Crippen LogP contribution in [-0.2, 0) is 6.54 Å². The van der Waals surface area contributed by atoms with Crippen LogP contribution in [0.1, 0.15) is 17.7 Å². The van der Waals surface area contributed by atoms with Crippen molar-refractivity contribution >= 4 is 0 Å². The second kappa shape index (κ2) is 6.04. The number of likely N-dealkylation sites (tertiary alicyclic amines) is 1. The quantitative estimate of drug-likeness (QED) is 0.858. The number of hydrogen-bond donors (Lipinski definition) is 0. The summed E-state index contributed by atoms with van der Waals surface area (Å²) in [4.78, 5) is 4.87. The molecule has 0 saturated carbocycles. The molecule has 112 valence electrons. The summed E-state index contributed by atoms with van der Waals surface area (Å²) in [5.41, 5.74) is 2.51. The van der Waals surface area contributed by atoms with Crippen LogP contribution in [0.25, 0.3) is 11.3 Å². The molecule has 3 rings (SSSR count). The summed E-state index contributed by atoms with van der Waals surface area (Å²) in [5, 5.41) is 0. The lowest BCUT2D eigenvalue weighted by molar-refractivity contribution is 0.234. The maximum Gasteiger partial charge on any atom is 0.134 e. The normalized spacial score (nSPS) is 19.5. The third-order valence-corrected chi connectivity index (χ3v) is 4.37. The maximum absolute atomic E-state index is 5.72. The fraction of sp³-hybridized carbons (Fsp3) is 0.444. The monoisotopic (exact) mass is 284 g/mol. The van der Waals surface area contributed by atoms with Crippen molar-refractivity contribution in [3.63, 3.8) is 0 Å². The number of hydrogen-bond acceptors (Lipinski definition) is 3. The first-order valence-electron chi connectivity index (χ1n) is 7.66. The molecule has 1 unspecified atom stereocenters. The van der Waals surface area contributed by atoms with E-state index in [-0.39, 0.29) is 0 Å². The molecule has 1 aliphatic rings. The van der Waals surface area contributed by atoms with Crippen LogP contribution in [0.5, 0.6) is 0 Å². The Morgan fingerprint density at radius 2 is 2.14 bits per heavy atom. The molecule has 1 fully saturated rings. The number of nitrogens with zero attached hydrogens (tertiary/aromatic N) is 2. The third kappa shape index (κ3) is 3.36. The highest BCUT2D eigenvalue weighted by Gasteiger charge is 2.23. The molecule has 21 heavy (non-hydrogen) atoms. The minimum absolute atomic E-state index is 0.671. The molecule has 0 bridgehead atoms. The summed E-state index contributed by atoms with van der Waals surface area (Å²) >= 11 is 0. The summed E-state index contributed by atoms with van der Waals surface area (Å²) in [6, 6.07) is 13.4. The average Bonchev–Trinajstić information content (AvgIpc) is 3.08. The van der Waals surface area contributed by atoms with Gasteiger partial charge in [0.2, 0.25) is 0 Å². The van der Waals surface area contributed by atoms with Gasteiger partial charge in [0.1, 0.15) is 11.5 Å². The molecule has 2 aromatic rings. The van der Waals surface area contributed by atoms with Crippen molar-refractivity contribution in [3.05, 3.63) is 47.7 Å². The molecular formula is C18H24N2O. The van der Waals surface area contributed by atoms with Gasteiger partial charge in [0, 0.05) is 24.7 Å². The van der Waals surface area contributed by atoms with E-state index in [1.54, 1.807) is 0 Å². The van der Waals surface area contributed by atoms with Crippen molar-refractivity contribution in [2.45, 2.75) is 25.9 Å². The molecule has 1 saturated heterocycles. The highest BCUT2D eigenvalue weighted by atomic mass is 16.3.